The topological polar surface area (TPSA) is 104 Å². The number of nitrogens with zero attached hydrogens (tertiary/aromatic N) is 4. The lowest BCUT2D eigenvalue weighted by molar-refractivity contribution is -0.133. The fourth-order valence-corrected chi connectivity index (χ4v) is 4.83. The van der Waals surface area contributed by atoms with E-state index in [1.165, 1.54) is 0 Å². The normalized spacial score (nSPS) is 28.2. The van der Waals surface area contributed by atoms with Gasteiger partial charge in [0.25, 0.3) is 0 Å². The van der Waals surface area contributed by atoms with E-state index in [9.17, 15) is 9.59 Å². The van der Waals surface area contributed by atoms with Crippen LogP contribution in [-0.4, -0.2) is 66.0 Å². The summed E-state index contributed by atoms with van der Waals surface area (Å²) in [7, 11) is 0. The summed E-state index contributed by atoms with van der Waals surface area (Å²) in [6.07, 6.45) is 9.43. The number of halogens is 1. The standard InChI is InChI=1S/C20H28N6O2.ClH/c21-18(27)16-14-3-4-15(13-14)17(16)19(28)22-7-2-8-25-9-11-26(12-10-25)20-23-5-1-6-24-20;/h1,3-6,14-17H,2,7-13H2,(H2,21,27)(H,22,28);1H. The molecule has 8 nitrogen and oxygen atoms in total. The highest BCUT2D eigenvalue weighted by atomic mass is 35.5. The summed E-state index contributed by atoms with van der Waals surface area (Å²) < 4.78 is 0. The minimum absolute atomic E-state index is 0. The van der Waals surface area contributed by atoms with E-state index in [1.54, 1.807) is 12.4 Å². The molecule has 2 bridgehead atoms. The van der Waals surface area contributed by atoms with Gasteiger partial charge in [0.15, 0.2) is 0 Å². The lowest BCUT2D eigenvalue weighted by Gasteiger charge is -2.34. The van der Waals surface area contributed by atoms with E-state index in [1.807, 2.05) is 12.1 Å². The van der Waals surface area contributed by atoms with Crippen molar-refractivity contribution in [2.45, 2.75) is 12.8 Å². The molecule has 1 aliphatic heterocycles. The number of rotatable bonds is 7. The van der Waals surface area contributed by atoms with Gasteiger partial charge in [0.05, 0.1) is 11.8 Å². The van der Waals surface area contributed by atoms with Gasteiger partial charge in [-0.2, -0.15) is 0 Å². The average molecular weight is 421 g/mol. The first-order chi connectivity index (χ1) is 13.6. The smallest absolute Gasteiger partial charge is 0.225 e. The first kappa shape index (κ1) is 21.5. The van der Waals surface area contributed by atoms with Crippen LogP contribution in [0.25, 0.3) is 0 Å². The van der Waals surface area contributed by atoms with Gasteiger partial charge in [0, 0.05) is 45.1 Å². The van der Waals surface area contributed by atoms with Gasteiger partial charge in [-0.1, -0.05) is 12.2 Å². The summed E-state index contributed by atoms with van der Waals surface area (Å²) in [6, 6.07) is 1.83. The van der Waals surface area contributed by atoms with Crippen LogP contribution >= 0.6 is 12.4 Å². The largest absolute Gasteiger partial charge is 0.369 e. The summed E-state index contributed by atoms with van der Waals surface area (Å²) >= 11 is 0. The number of carbonyl (C=O) groups excluding carboxylic acids is 2. The van der Waals surface area contributed by atoms with Crippen molar-refractivity contribution in [2.24, 2.45) is 29.4 Å². The maximum absolute atomic E-state index is 12.6. The predicted octanol–water partition coefficient (Wildman–Crippen LogP) is 0.450. The lowest BCUT2D eigenvalue weighted by Crippen LogP contribution is -2.47. The molecule has 2 heterocycles. The van der Waals surface area contributed by atoms with Gasteiger partial charge in [0.1, 0.15) is 0 Å². The van der Waals surface area contributed by atoms with Crippen molar-refractivity contribution < 1.29 is 9.59 Å². The van der Waals surface area contributed by atoms with Crippen LogP contribution in [0.5, 0.6) is 0 Å². The second kappa shape index (κ2) is 9.54. The Labute approximate surface area is 177 Å². The maximum Gasteiger partial charge on any atom is 0.225 e. The van der Waals surface area contributed by atoms with Gasteiger partial charge in [-0.25, -0.2) is 9.97 Å². The van der Waals surface area contributed by atoms with Gasteiger partial charge in [-0.3, -0.25) is 14.5 Å². The van der Waals surface area contributed by atoms with Gasteiger partial charge in [0.2, 0.25) is 17.8 Å². The minimum atomic E-state index is -0.350. The van der Waals surface area contributed by atoms with E-state index < -0.39 is 0 Å². The van der Waals surface area contributed by atoms with E-state index >= 15 is 0 Å². The number of hydrogen-bond donors (Lipinski definition) is 2. The molecule has 0 aromatic carbocycles. The highest BCUT2D eigenvalue weighted by molar-refractivity contribution is 5.89. The third kappa shape index (κ3) is 4.70. The van der Waals surface area contributed by atoms with Crippen molar-refractivity contribution in [3.63, 3.8) is 0 Å². The molecule has 29 heavy (non-hydrogen) atoms. The molecule has 3 aliphatic rings. The van der Waals surface area contributed by atoms with Crippen LogP contribution in [0.2, 0.25) is 0 Å². The summed E-state index contributed by atoms with van der Waals surface area (Å²) in [5.74, 6) is 0.0893. The Hall–Kier alpha value is -2.19. The number of carbonyl (C=O) groups is 2. The number of anilines is 1. The van der Waals surface area contributed by atoms with Crippen molar-refractivity contribution in [3.05, 3.63) is 30.6 Å². The van der Waals surface area contributed by atoms with E-state index in [-0.39, 0.29) is 47.9 Å². The number of allylic oxidation sites excluding steroid dienone is 2. The number of primary amides is 1. The summed E-state index contributed by atoms with van der Waals surface area (Å²) in [5, 5.41) is 3.03. The van der Waals surface area contributed by atoms with Gasteiger partial charge < -0.3 is 16.0 Å². The number of hydrogen-bond acceptors (Lipinski definition) is 6. The Morgan fingerprint density at radius 1 is 1.07 bits per heavy atom. The Kier molecular flexibility index (Phi) is 7.08. The number of piperazine rings is 1. The number of nitrogens with two attached hydrogens (primary N) is 1. The molecule has 2 amide bonds. The summed E-state index contributed by atoms with van der Waals surface area (Å²) in [6.45, 7) is 5.33. The predicted molar refractivity (Wildman–Crippen MR) is 112 cm³/mol. The quantitative estimate of drug-likeness (QED) is 0.490. The van der Waals surface area contributed by atoms with Gasteiger partial charge in [-0.05, 0) is 37.3 Å². The first-order valence-electron chi connectivity index (χ1n) is 10.1. The fourth-order valence-electron chi connectivity index (χ4n) is 4.83. The zero-order valence-corrected chi connectivity index (χ0v) is 17.3. The molecule has 4 rings (SSSR count). The highest BCUT2D eigenvalue weighted by Gasteiger charge is 2.50. The Morgan fingerprint density at radius 2 is 1.72 bits per heavy atom. The molecule has 0 spiro atoms. The molecular weight excluding hydrogens is 392 g/mol. The minimum Gasteiger partial charge on any atom is -0.369 e. The Balaban J connectivity index is 0.00000240. The first-order valence-corrected chi connectivity index (χ1v) is 10.1. The zero-order chi connectivity index (χ0) is 19.5. The number of amides is 2. The fraction of sp³-hybridized carbons (Fsp3) is 0.600. The van der Waals surface area contributed by atoms with Crippen LogP contribution in [0.3, 0.4) is 0 Å². The van der Waals surface area contributed by atoms with Crippen molar-refractivity contribution in [1.29, 1.82) is 0 Å². The SMILES string of the molecule is Cl.NC(=O)C1C2C=CC(C2)C1C(=O)NCCCN1CCN(c2ncccn2)CC1. The van der Waals surface area contributed by atoms with Crippen LogP contribution in [0.1, 0.15) is 12.8 Å². The van der Waals surface area contributed by atoms with Gasteiger partial charge in [-0.15, -0.1) is 12.4 Å². The molecule has 1 aromatic rings. The van der Waals surface area contributed by atoms with Crippen molar-refractivity contribution in [1.82, 2.24) is 20.2 Å². The van der Waals surface area contributed by atoms with Gasteiger partial charge >= 0.3 is 0 Å². The highest BCUT2D eigenvalue weighted by Crippen LogP contribution is 2.47. The van der Waals surface area contributed by atoms with E-state index in [4.69, 9.17) is 5.73 Å². The molecule has 1 aromatic heterocycles. The Morgan fingerprint density at radius 3 is 2.38 bits per heavy atom. The second-order valence-electron chi connectivity index (χ2n) is 7.92. The summed E-state index contributed by atoms with van der Waals surface area (Å²) in [4.78, 5) is 37.6. The molecule has 1 saturated heterocycles. The number of aromatic nitrogens is 2. The number of nitrogens with one attached hydrogen (secondary N) is 1. The molecule has 0 radical (unpaired) electrons. The summed E-state index contributed by atoms with van der Waals surface area (Å²) in [5.41, 5.74) is 5.55. The average Bonchev–Trinajstić information content (AvgIpc) is 3.34. The van der Waals surface area contributed by atoms with E-state index in [2.05, 4.69) is 31.2 Å². The van der Waals surface area contributed by atoms with Crippen molar-refractivity contribution in [2.75, 3.05) is 44.2 Å². The number of fused-ring (bicyclic) bond motifs is 2. The van der Waals surface area contributed by atoms with Crippen LogP contribution in [-0.2, 0) is 9.59 Å². The van der Waals surface area contributed by atoms with Crippen LogP contribution in [0, 0.1) is 23.7 Å². The molecule has 1 saturated carbocycles. The lowest BCUT2D eigenvalue weighted by atomic mass is 9.82. The molecule has 3 N–H and O–H groups in total. The second-order valence-corrected chi connectivity index (χ2v) is 7.92. The molecule has 158 valence electrons. The third-order valence-electron chi connectivity index (χ3n) is 6.25. The molecule has 4 atom stereocenters. The molecular formula is C20H29ClN6O2. The van der Waals surface area contributed by atoms with E-state index in [0.29, 0.717) is 6.54 Å². The molecule has 9 heteroatoms. The van der Waals surface area contributed by atoms with Crippen molar-refractivity contribution >= 4 is 30.2 Å². The van der Waals surface area contributed by atoms with Crippen LogP contribution in [0.15, 0.2) is 30.6 Å². The van der Waals surface area contributed by atoms with E-state index in [0.717, 1.165) is 51.5 Å². The van der Waals surface area contributed by atoms with Crippen molar-refractivity contribution in [3.8, 4) is 0 Å². The molecule has 2 aliphatic carbocycles. The maximum atomic E-state index is 12.6. The zero-order valence-electron chi connectivity index (χ0n) is 16.4. The third-order valence-corrected chi connectivity index (χ3v) is 6.25. The van der Waals surface area contributed by atoms with Crippen LogP contribution in [0.4, 0.5) is 5.95 Å². The van der Waals surface area contributed by atoms with Crippen LogP contribution < -0.4 is 16.0 Å². The molecule has 4 unspecified atom stereocenters. The monoisotopic (exact) mass is 420 g/mol. The molecule has 2 fully saturated rings. The Bertz CT molecular complexity index is 738.